The van der Waals surface area contributed by atoms with Gasteiger partial charge in [0.05, 0.1) is 5.70 Å². The first-order valence-electron chi connectivity index (χ1n) is 8.43. The second kappa shape index (κ2) is 11.9. The predicted molar refractivity (Wildman–Crippen MR) is 110 cm³/mol. The minimum Gasteiger partial charge on any atom is -0.384 e. The van der Waals surface area contributed by atoms with Crippen LogP contribution in [0.25, 0.3) is 0 Å². The molecule has 0 saturated carbocycles. The normalized spacial score (nSPS) is 13.1. The van der Waals surface area contributed by atoms with E-state index in [0.717, 1.165) is 31.0 Å². The molecule has 0 bridgehead atoms. The maximum Gasteiger partial charge on any atom is 0.0527 e. The lowest BCUT2D eigenvalue weighted by molar-refractivity contribution is 0.456. The van der Waals surface area contributed by atoms with Crippen molar-refractivity contribution in [3.8, 4) is 0 Å². The van der Waals surface area contributed by atoms with Gasteiger partial charge in [0.2, 0.25) is 0 Å². The van der Waals surface area contributed by atoms with Crippen LogP contribution in [0.15, 0.2) is 61.0 Å². The fourth-order valence-electron chi connectivity index (χ4n) is 2.28. The Morgan fingerprint density at radius 1 is 1.29 bits per heavy atom. The Bertz CT molecular complexity index is 537. The first-order chi connectivity index (χ1) is 11.7. The number of rotatable bonds is 11. The molecule has 0 fully saturated rings. The monoisotopic (exact) mass is 346 g/mol. The summed E-state index contributed by atoms with van der Waals surface area (Å²) in [5.41, 5.74) is 3.50. The van der Waals surface area contributed by atoms with Gasteiger partial charge < -0.3 is 10.6 Å². The van der Waals surface area contributed by atoms with E-state index in [1.165, 1.54) is 5.56 Å². The van der Waals surface area contributed by atoms with Gasteiger partial charge in [-0.25, -0.2) is 5.20 Å². The molecule has 0 aliphatic carbocycles. The molecule has 0 saturated heterocycles. The Morgan fingerprint density at radius 3 is 2.54 bits per heavy atom. The van der Waals surface area contributed by atoms with Gasteiger partial charge in [0.1, 0.15) is 0 Å². The molecule has 1 aromatic carbocycles. The van der Waals surface area contributed by atoms with Crippen molar-refractivity contribution in [3.05, 3.63) is 66.5 Å². The van der Waals surface area contributed by atoms with Crippen LogP contribution in [-0.4, -0.2) is 24.6 Å². The number of nitrogens with zero attached hydrogens (tertiary/aromatic N) is 1. The van der Waals surface area contributed by atoms with Crippen LogP contribution in [0.4, 0.5) is 5.69 Å². The second-order valence-corrected chi connectivity index (χ2v) is 5.70. The number of nitrogens with one attached hydrogen (secondary N) is 3. The Kier molecular flexibility index (Phi) is 10.1. The number of allylic oxidation sites excluding steroid dienone is 3. The highest BCUT2D eigenvalue weighted by Gasteiger charge is 2.04. The van der Waals surface area contributed by atoms with E-state index >= 15 is 0 Å². The molecule has 2 unspecified atom stereocenters. The van der Waals surface area contributed by atoms with Crippen LogP contribution in [0.2, 0.25) is 0 Å². The van der Waals surface area contributed by atoms with Gasteiger partial charge in [-0.3, -0.25) is 5.01 Å². The van der Waals surface area contributed by atoms with Gasteiger partial charge >= 0.3 is 0 Å². The highest BCUT2D eigenvalue weighted by molar-refractivity contribution is 7.13. The summed E-state index contributed by atoms with van der Waals surface area (Å²) in [4.78, 5) is 0. The van der Waals surface area contributed by atoms with E-state index in [1.54, 1.807) is 6.20 Å². The van der Waals surface area contributed by atoms with E-state index in [9.17, 15) is 0 Å². The molecule has 0 heterocycles. The summed E-state index contributed by atoms with van der Waals surface area (Å²) in [7, 11) is 2.48. The summed E-state index contributed by atoms with van der Waals surface area (Å²) in [5, 5.41) is 11.6. The Balaban J connectivity index is 2.62. The largest absolute Gasteiger partial charge is 0.384 e. The Hall–Kier alpha value is -1.61. The Labute approximate surface area is 149 Å². The molecule has 0 aliphatic rings. The van der Waals surface area contributed by atoms with Crippen LogP contribution in [0.1, 0.15) is 32.3 Å². The average Bonchev–Trinajstić information content (AvgIpc) is 2.62. The zero-order valence-corrected chi connectivity index (χ0v) is 16.2. The lowest BCUT2D eigenvalue weighted by atomic mass is 10.00. The molecule has 0 aliphatic heterocycles. The van der Waals surface area contributed by atoms with Gasteiger partial charge in [0.15, 0.2) is 0 Å². The highest BCUT2D eigenvalue weighted by Crippen LogP contribution is 2.20. The van der Waals surface area contributed by atoms with Crippen molar-refractivity contribution in [2.24, 2.45) is 0 Å². The molecule has 0 amide bonds. The maximum atomic E-state index is 3.80. The third-order valence-corrected chi connectivity index (χ3v) is 4.05. The van der Waals surface area contributed by atoms with Gasteiger partial charge in [-0.1, -0.05) is 44.7 Å². The van der Waals surface area contributed by atoms with Gasteiger partial charge in [-0.05, 0) is 52.5 Å². The third kappa shape index (κ3) is 6.88. The molecule has 3 N–H and O–H groups in total. The van der Waals surface area contributed by atoms with Gasteiger partial charge in [-0.2, -0.15) is 0 Å². The summed E-state index contributed by atoms with van der Waals surface area (Å²) < 4.78 is 0. The minimum atomic E-state index is 0.340. The lowest BCUT2D eigenvalue weighted by Gasteiger charge is -2.19. The van der Waals surface area contributed by atoms with E-state index < -0.39 is 0 Å². The minimum absolute atomic E-state index is 0.340. The highest BCUT2D eigenvalue weighted by atomic mass is 31.0. The molecule has 5 heteroatoms. The second-order valence-electron chi connectivity index (χ2n) is 5.45. The number of hydrazine groups is 1. The molecule has 0 spiro atoms. The van der Waals surface area contributed by atoms with Crippen molar-refractivity contribution in [1.29, 1.82) is 0 Å². The summed E-state index contributed by atoms with van der Waals surface area (Å²) in [6.45, 7) is 13.0. The van der Waals surface area contributed by atoms with Crippen molar-refractivity contribution in [3.63, 3.8) is 0 Å². The molecule has 0 radical (unpaired) electrons. The lowest BCUT2D eigenvalue weighted by Crippen LogP contribution is -2.23. The Morgan fingerprint density at radius 2 is 2.00 bits per heavy atom. The van der Waals surface area contributed by atoms with Crippen molar-refractivity contribution in [2.45, 2.75) is 26.7 Å². The first kappa shape index (κ1) is 20.4. The van der Waals surface area contributed by atoms with Crippen molar-refractivity contribution < 1.29 is 0 Å². The van der Waals surface area contributed by atoms with E-state index in [0.29, 0.717) is 5.92 Å². The van der Waals surface area contributed by atoms with Gasteiger partial charge in [0, 0.05) is 25.0 Å². The molecular formula is C19H31N4P. The molecule has 0 aromatic heterocycles. The maximum absolute atomic E-state index is 3.80. The summed E-state index contributed by atoms with van der Waals surface area (Å²) >= 11 is 0. The van der Waals surface area contributed by atoms with Crippen molar-refractivity contribution in [1.82, 2.24) is 15.5 Å². The summed E-state index contributed by atoms with van der Waals surface area (Å²) in [6, 6.07) is 8.64. The number of likely N-dealkylation sites (N-methyl/N-ethyl adjacent to an activating group) is 1. The topological polar surface area (TPSA) is 39.3 Å². The smallest absolute Gasteiger partial charge is 0.0527 e. The van der Waals surface area contributed by atoms with E-state index in [4.69, 9.17) is 0 Å². The van der Waals surface area contributed by atoms with Crippen LogP contribution in [0, 0.1) is 0 Å². The quantitative estimate of drug-likeness (QED) is 0.245. The number of hydrogen-bond donors (Lipinski definition) is 3. The van der Waals surface area contributed by atoms with Crippen LogP contribution in [0.3, 0.4) is 0 Å². The number of hydrogen-bond acceptors (Lipinski definition) is 4. The molecule has 24 heavy (non-hydrogen) atoms. The first-order valence-corrected chi connectivity index (χ1v) is 9.01. The summed E-state index contributed by atoms with van der Waals surface area (Å²) in [5.74, 6) is 0.340. The third-order valence-electron chi connectivity index (χ3n) is 3.77. The molecule has 2 atom stereocenters. The standard InChI is InChI=1S/C19H31N4P/c1-5-19(23(7-3)22-24)13-8-16(4)17-9-11-18(12-10-17)21-15-14-20-6-2/h5,7-13,16,20-22H,3,6,14-15,24H2,1-2,4H3/b13-8-,19-5+. The average molecular weight is 346 g/mol. The fraction of sp³-hybridized carbons (Fsp3) is 0.368. The zero-order valence-electron chi connectivity index (χ0n) is 15.0. The van der Waals surface area contributed by atoms with Gasteiger partial charge in [0.25, 0.3) is 0 Å². The molecular weight excluding hydrogens is 315 g/mol. The number of anilines is 1. The zero-order chi connectivity index (χ0) is 17.8. The fourth-order valence-corrected chi connectivity index (χ4v) is 2.53. The van der Waals surface area contributed by atoms with E-state index in [1.807, 2.05) is 18.0 Å². The van der Waals surface area contributed by atoms with Crippen LogP contribution < -0.4 is 15.8 Å². The van der Waals surface area contributed by atoms with Crippen molar-refractivity contribution in [2.75, 3.05) is 25.0 Å². The molecule has 4 nitrogen and oxygen atoms in total. The van der Waals surface area contributed by atoms with Crippen molar-refractivity contribution >= 4 is 15.1 Å². The SMILES string of the molecule is C=CN(NP)C(/C=C\C(C)c1ccc(NCCNCC)cc1)=C/C. The molecule has 132 valence electrons. The van der Waals surface area contributed by atoms with Crippen LogP contribution in [-0.2, 0) is 0 Å². The van der Waals surface area contributed by atoms with Crippen LogP contribution in [0.5, 0.6) is 0 Å². The van der Waals surface area contributed by atoms with E-state index in [2.05, 4.69) is 82.1 Å². The van der Waals surface area contributed by atoms with Crippen LogP contribution >= 0.6 is 9.39 Å². The van der Waals surface area contributed by atoms with E-state index in [-0.39, 0.29) is 0 Å². The molecule has 1 rings (SSSR count). The van der Waals surface area contributed by atoms with Gasteiger partial charge in [-0.15, -0.1) is 0 Å². The summed E-state index contributed by atoms with van der Waals surface area (Å²) in [6.07, 6.45) is 8.08. The molecule has 1 aromatic rings. The predicted octanol–water partition coefficient (Wildman–Crippen LogP) is 4.01. The number of benzene rings is 1.